The van der Waals surface area contributed by atoms with Crippen LogP contribution in [0.5, 0.6) is 0 Å². The molecule has 0 saturated heterocycles. The van der Waals surface area contributed by atoms with Crippen molar-refractivity contribution in [1.82, 2.24) is 9.62 Å². The van der Waals surface area contributed by atoms with Crippen LogP contribution in [0.25, 0.3) is 0 Å². The van der Waals surface area contributed by atoms with Crippen LogP contribution in [-0.4, -0.2) is 41.2 Å². The quantitative estimate of drug-likeness (QED) is 0.293. The lowest BCUT2D eigenvalue weighted by Gasteiger charge is -2.29. The fourth-order valence-electron chi connectivity index (χ4n) is 2.97. The van der Waals surface area contributed by atoms with E-state index in [1.165, 1.54) is 12.1 Å². The van der Waals surface area contributed by atoms with E-state index < -0.39 is 29.2 Å². The van der Waals surface area contributed by atoms with Gasteiger partial charge < -0.3 is 10.4 Å². The van der Waals surface area contributed by atoms with Crippen LogP contribution in [0, 0.1) is 5.82 Å². The monoisotopic (exact) mass is 542 g/mol. The highest BCUT2D eigenvalue weighted by Crippen LogP contribution is 2.35. The van der Waals surface area contributed by atoms with Crippen molar-refractivity contribution >= 4 is 39.5 Å². The van der Waals surface area contributed by atoms with Crippen molar-refractivity contribution in [3.05, 3.63) is 62.8 Å². The van der Waals surface area contributed by atoms with Crippen molar-refractivity contribution in [2.75, 3.05) is 20.1 Å². The van der Waals surface area contributed by atoms with Crippen LogP contribution in [0.3, 0.4) is 0 Å². The number of β-amino-alcohol motifs (C(OH)–C–C–N with tert-alkyl or cyclic N) is 1. The first-order valence-electron chi connectivity index (χ1n) is 9.39. The number of likely N-dealkylation sites (N-methyl/N-ethyl adjacent to an activating group) is 1. The van der Waals surface area contributed by atoms with Crippen molar-refractivity contribution in [3.8, 4) is 0 Å². The predicted octanol–water partition coefficient (Wildman–Crippen LogP) is 6.17. The molecule has 2 N–H and O–H groups in total. The second-order valence-corrected chi connectivity index (χ2v) is 10.5. The van der Waals surface area contributed by atoms with Gasteiger partial charge in [0.1, 0.15) is 5.82 Å². The molecular weight excluding hydrogens is 520 g/mol. The first kappa shape index (κ1) is 26.4. The maximum absolute atomic E-state index is 13.6. The zero-order valence-electron chi connectivity index (χ0n) is 17.2. The number of halogens is 6. The molecule has 2 aromatic rings. The molecular formula is C21H24BrClF4N2OS. The van der Waals surface area contributed by atoms with E-state index >= 15 is 0 Å². The van der Waals surface area contributed by atoms with Crippen LogP contribution in [0.4, 0.5) is 17.6 Å². The highest BCUT2D eigenvalue weighted by atomic mass is 79.9. The first-order valence-corrected chi connectivity index (χ1v) is 11.3. The Morgan fingerprint density at radius 1 is 1.19 bits per heavy atom. The number of aliphatic hydroxyl groups excluding tert-OH is 1. The molecule has 2 aromatic carbocycles. The highest BCUT2D eigenvalue weighted by Gasteiger charge is 2.31. The van der Waals surface area contributed by atoms with E-state index in [4.69, 9.17) is 11.6 Å². The molecule has 0 saturated carbocycles. The van der Waals surface area contributed by atoms with E-state index in [0.29, 0.717) is 15.8 Å². The molecule has 0 fully saturated rings. The van der Waals surface area contributed by atoms with Gasteiger partial charge in [-0.2, -0.15) is 13.2 Å². The summed E-state index contributed by atoms with van der Waals surface area (Å²) in [7, 11) is 1.70. The molecule has 0 unspecified atom stereocenters. The van der Waals surface area contributed by atoms with Crippen molar-refractivity contribution in [1.29, 1.82) is 0 Å². The molecule has 0 aromatic heterocycles. The Labute approximate surface area is 197 Å². The molecule has 2 rings (SSSR count). The van der Waals surface area contributed by atoms with Gasteiger partial charge in [0, 0.05) is 28.0 Å². The molecule has 0 aliphatic carbocycles. The fraction of sp³-hybridized carbons (Fsp3) is 0.429. The van der Waals surface area contributed by atoms with Gasteiger partial charge in [-0.3, -0.25) is 0 Å². The molecule has 0 amide bonds. The average molecular weight is 544 g/mol. The van der Waals surface area contributed by atoms with Crippen LogP contribution < -0.4 is 5.32 Å². The van der Waals surface area contributed by atoms with Gasteiger partial charge in [0.2, 0.25) is 0 Å². The fourth-order valence-corrected chi connectivity index (χ4v) is 4.70. The van der Waals surface area contributed by atoms with E-state index in [0.717, 1.165) is 29.6 Å². The number of hydrogen-bond donors (Lipinski definition) is 2. The largest absolute Gasteiger partial charge is 0.416 e. The van der Waals surface area contributed by atoms with Gasteiger partial charge >= 0.3 is 6.18 Å². The number of alkyl halides is 3. The topological polar surface area (TPSA) is 35.5 Å². The lowest BCUT2D eigenvalue weighted by Crippen LogP contribution is -2.46. The summed E-state index contributed by atoms with van der Waals surface area (Å²) in [4.78, 5) is 0.412. The Morgan fingerprint density at radius 3 is 2.48 bits per heavy atom. The van der Waals surface area contributed by atoms with Crippen LogP contribution in [0.1, 0.15) is 25.0 Å². The number of benzene rings is 2. The molecule has 0 aliphatic heterocycles. The van der Waals surface area contributed by atoms with Gasteiger partial charge in [-0.05, 0) is 75.2 Å². The molecule has 0 radical (unpaired) electrons. The summed E-state index contributed by atoms with van der Waals surface area (Å²) >= 11 is 9.93. The summed E-state index contributed by atoms with van der Waals surface area (Å²) < 4.78 is 54.6. The van der Waals surface area contributed by atoms with Crippen LogP contribution >= 0.6 is 39.5 Å². The lowest BCUT2D eigenvalue weighted by atomic mass is 9.94. The standard InChI is InChI=1S/C21H24BrClF4N2OS/c1-20(2,10-13-4-5-18(23)19(24)6-13)28-11-16(30)12-29(3)31-17-8-14(21(25,26)27)7-15(22)9-17/h4-9,16,28,30H,10-12H2,1-3H3/t16-/m1/s1. The number of nitrogens with zero attached hydrogens (tertiary/aromatic N) is 1. The van der Waals surface area contributed by atoms with Gasteiger partial charge in [-0.15, -0.1) is 0 Å². The van der Waals surface area contributed by atoms with Crippen LogP contribution in [-0.2, 0) is 12.6 Å². The smallest absolute Gasteiger partial charge is 0.390 e. The zero-order valence-corrected chi connectivity index (χ0v) is 20.4. The summed E-state index contributed by atoms with van der Waals surface area (Å²) in [6.07, 6.45) is -4.66. The molecule has 0 spiro atoms. The third-order valence-electron chi connectivity index (χ3n) is 4.37. The number of rotatable bonds is 9. The molecule has 0 bridgehead atoms. The summed E-state index contributed by atoms with van der Waals surface area (Å²) in [6, 6.07) is 8.34. The van der Waals surface area contributed by atoms with E-state index in [1.807, 2.05) is 13.8 Å². The summed E-state index contributed by atoms with van der Waals surface area (Å²) in [6.45, 7) is 4.37. The molecule has 3 nitrogen and oxygen atoms in total. The van der Waals surface area contributed by atoms with Crippen LogP contribution in [0.2, 0.25) is 5.02 Å². The minimum atomic E-state index is -4.43. The highest BCUT2D eigenvalue weighted by molar-refractivity contribution is 9.10. The van der Waals surface area contributed by atoms with E-state index in [-0.39, 0.29) is 18.1 Å². The average Bonchev–Trinajstić information content (AvgIpc) is 2.61. The maximum atomic E-state index is 13.6. The minimum absolute atomic E-state index is 0.0678. The summed E-state index contributed by atoms with van der Waals surface area (Å²) in [5.74, 6) is -0.477. The van der Waals surface area contributed by atoms with Gasteiger partial charge in [-0.1, -0.05) is 33.6 Å². The second-order valence-electron chi connectivity index (χ2n) is 7.92. The summed E-state index contributed by atoms with van der Waals surface area (Å²) in [5.41, 5.74) is -0.379. The van der Waals surface area contributed by atoms with Gasteiger partial charge in [0.15, 0.2) is 0 Å². The Balaban J connectivity index is 1.88. The third kappa shape index (κ3) is 8.90. The van der Waals surface area contributed by atoms with Crippen molar-refractivity contribution < 1.29 is 22.7 Å². The third-order valence-corrected chi connectivity index (χ3v) is 6.05. The molecule has 172 valence electrons. The van der Waals surface area contributed by atoms with Crippen molar-refractivity contribution in [2.24, 2.45) is 0 Å². The molecule has 0 heterocycles. The Bertz CT molecular complexity index is 898. The van der Waals surface area contributed by atoms with E-state index in [1.54, 1.807) is 23.5 Å². The second kappa shape index (κ2) is 10.9. The normalized spacial score (nSPS) is 13.6. The predicted molar refractivity (Wildman–Crippen MR) is 121 cm³/mol. The maximum Gasteiger partial charge on any atom is 0.416 e. The molecule has 0 aliphatic rings. The van der Waals surface area contributed by atoms with Crippen molar-refractivity contribution in [2.45, 2.75) is 43.0 Å². The molecule has 1 atom stereocenters. The molecule has 10 heteroatoms. The van der Waals surface area contributed by atoms with Gasteiger partial charge in [0.05, 0.1) is 16.7 Å². The Kier molecular flexibility index (Phi) is 9.25. The van der Waals surface area contributed by atoms with Crippen molar-refractivity contribution in [3.63, 3.8) is 0 Å². The molecule has 31 heavy (non-hydrogen) atoms. The lowest BCUT2D eigenvalue weighted by molar-refractivity contribution is -0.137. The Morgan fingerprint density at radius 2 is 1.87 bits per heavy atom. The number of aliphatic hydroxyl groups is 1. The Hall–Kier alpha value is -0.840. The first-order chi connectivity index (χ1) is 14.2. The van der Waals surface area contributed by atoms with Crippen LogP contribution in [0.15, 0.2) is 45.8 Å². The number of hydrogen-bond acceptors (Lipinski definition) is 4. The SMILES string of the molecule is CN(C[C@H](O)CNC(C)(C)Cc1ccc(Cl)c(F)c1)Sc1cc(Br)cc(C(F)(F)F)c1. The van der Waals surface area contributed by atoms with E-state index in [2.05, 4.69) is 21.2 Å². The number of nitrogens with one attached hydrogen (secondary N) is 1. The van der Waals surface area contributed by atoms with Gasteiger partial charge in [-0.25, -0.2) is 8.70 Å². The summed E-state index contributed by atoms with van der Waals surface area (Å²) in [5, 5.41) is 13.7. The minimum Gasteiger partial charge on any atom is -0.390 e. The zero-order chi connectivity index (χ0) is 23.4. The van der Waals surface area contributed by atoms with E-state index in [9.17, 15) is 22.7 Å². The van der Waals surface area contributed by atoms with Gasteiger partial charge in [0.25, 0.3) is 0 Å².